The van der Waals surface area contributed by atoms with Crippen LogP contribution >= 0.6 is 0 Å². The molecule has 0 aliphatic rings. The fourth-order valence-corrected chi connectivity index (χ4v) is 2.77. The molecule has 2 heterocycles. The zero-order chi connectivity index (χ0) is 19.2. The van der Waals surface area contributed by atoms with Crippen molar-refractivity contribution in [3.05, 3.63) is 77.6 Å². The van der Waals surface area contributed by atoms with Crippen LogP contribution in [-0.4, -0.2) is 35.0 Å². The monoisotopic (exact) mass is 367 g/mol. The van der Waals surface area contributed by atoms with Crippen LogP contribution in [0.5, 0.6) is 0 Å². The third-order valence-corrected chi connectivity index (χ3v) is 4.08. The molecule has 0 saturated carbocycles. The molecule has 2 amide bonds. The van der Waals surface area contributed by atoms with Crippen LogP contribution in [0.2, 0.25) is 0 Å². The number of carbonyl (C=O) groups is 2. The van der Waals surface area contributed by atoms with Crippen molar-refractivity contribution >= 4 is 11.8 Å². The number of hydrogen-bond acceptors (Lipinski definition) is 5. The van der Waals surface area contributed by atoms with E-state index in [0.29, 0.717) is 17.9 Å². The van der Waals surface area contributed by atoms with Gasteiger partial charge in [0, 0.05) is 19.5 Å². The van der Waals surface area contributed by atoms with Gasteiger partial charge in [-0.3, -0.25) is 9.59 Å². The van der Waals surface area contributed by atoms with E-state index in [-0.39, 0.29) is 18.2 Å². The lowest BCUT2D eigenvalue weighted by molar-refractivity contribution is -0.132. The molecular weight excluding hydrogens is 346 g/mol. The Labute approximate surface area is 156 Å². The van der Waals surface area contributed by atoms with Crippen molar-refractivity contribution in [3.63, 3.8) is 0 Å². The van der Waals surface area contributed by atoms with Crippen LogP contribution in [0.4, 0.5) is 0 Å². The lowest BCUT2D eigenvalue weighted by atomic mass is 10.0. The highest BCUT2D eigenvalue weighted by Crippen LogP contribution is 2.10. The van der Waals surface area contributed by atoms with E-state index in [4.69, 9.17) is 8.94 Å². The fraction of sp³-hybridized carbons (Fsp3) is 0.250. The number of furan rings is 1. The number of rotatable bonds is 7. The first-order valence-electron chi connectivity index (χ1n) is 8.58. The van der Waals surface area contributed by atoms with Gasteiger partial charge in [-0.1, -0.05) is 35.5 Å². The van der Waals surface area contributed by atoms with E-state index in [9.17, 15) is 9.59 Å². The van der Waals surface area contributed by atoms with Gasteiger partial charge < -0.3 is 19.2 Å². The van der Waals surface area contributed by atoms with Crippen molar-refractivity contribution < 1.29 is 18.5 Å². The Morgan fingerprint density at radius 3 is 2.59 bits per heavy atom. The van der Waals surface area contributed by atoms with Gasteiger partial charge in [-0.2, -0.15) is 0 Å². The summed E-state index contributed by atoms with van der Waals surface area (Å²) in [5.74, 6) is 0.188. The zero-order valence-electron chi connectivity index (χ0n) is 15.2. The van der Waals surface area contributed by atoms with E-state index in [2.05, 4.69) is 10.5 Å². The van der Waals surface area contributed by atoms with Crippen molar-refractivity contribution in [2.45, 2.75) is 25.9 Å². The fourth-order valence-electron chi connectivity index (χ4n) is 2.77. The summed E-state index contributed by atoms with van der Waals surface area (Å²) in [6.07, 6.45) is 1.79. The van der Waals surface area contributed by atoms with Crippen molar-refractivity contribution in [2.24, 2.45) is 0 Å². The second kappa shape index (κ2) is 8.35. The molecule has 1 N–H and O–H groups in total. The predicted molar refractivity (Wildman–Crippen MR) is 97.8 cm³/mol. The highest BCUT2D eigenvalue weighted by Gasteiger charge is 2.26. The molecule has 1 aromatic carbocycles. The molecule has 0 fully saturated rings. The quantitative estimate of drug-likeness (QED) is 0.693. The van der Waals surface area contributed by atoms with Crippen molar-refractivity contribution in [3.8, 4) is 0 Å². The maximum atomic E-state index is 13.0. The number of hydrogen-bond donors (Lipinski definition) is 1. The third kappa shape index (κ3) is 4.84. The van der Waals surface area contributed by atoms with Gasteiger partial charge in [-0.25, -0.2) is 0 Å². The number of aromatic nitrogens is 1. The summed E-state index contributed by atoms with van der Waals surface area (Å²) in [6.45, 7) is 2.08. The van der Waals surface area contributed by atoms with Crippen molar-refractivity contribution in [1.82, 2.24) is 15.4 Å². The largest absolute Gasteiger partial charge is 0.459 e. The number of nitrogens with one attached hydrogen (secondary N) is 1. The lowest BCUT2D eigenvalue weighted by Crippen LogP contribution is -2.48. The van der Waals surface area contributed by atoms with E-state index >= 15 is 0 Å². The summed E-state index contributed by atoms with van der Waals surface area (Å²) < 4.78 is 10.2. The molecule has 7 nitrogen and oxygen atoms in total. The van der Waals surface area contributed by atoms with E-state index in [0.717, 1.165) is 5.56 Å². The highest BCUT2D eigenvalue weighted by molar-refractivity contribution is 5.95. The van der Waals surface area contributed by atoms with Crippen LogP contribution in [0, 0.1) is 6.92 Å². The van der Waals surface area contributed by atoms with Gasteiger partial charge in [-0.15, -0.1) is 0 Å². The number of carbonyl (C=O) groups excluding carboxylic acids is 2. The first kappa shape index (κ1) is 18.4. The molecule has 0 aliphatic carbocycles. The smallest absolute Gasteiger partial charge is 0.287 e. The molecule has 0 saturated heterocycles. The van der Waals surface area contributed by atoms with E-state index in [1.54, 1.807) is 32.2 Å². The highest BCUT2D eigenvalue weighted by atomic mass is 16.5. The van der Waals surface area contributed by atoms with E-state index in [1.807, 2.05) is 30.3 Å². The Morgan fingerprint density at radius 1 is 1.19 bits per heavy atom. The Morgan fingerprint density at radius 2 is 1.96 bits per heavy atom. The number of benzene rings is 1. The molecule has 0 spiro atoms. The van der Waals surface area contributed by atoms with Crippen LogP contribution in [0.15, 0.2) is 63.7 Å². The molecule has 2 aromatic heterocycles. The normalized spacial score (nSPS) is 11.8. The third-order valence-electron chi connectivity index (χ3n) is 4.08. The standard InChI is InChI=1S/C20H21N3O4/c1-14-11-16(22-27-14)13-23(2)20(25)17(12-15-7-4-3-5-8-15)21-19(24)18-9-6-10-26-18/h3-11,17H,12-13H2,1-2H3,(H,21,24)/t17-/m0/s1. The molecule has 0 unspecified atom stereocenters. The molecule has 27 heavy (non-hydrogen) atoms. The molecular formula is C20H21N3O4. The average molecular weight is 367 g/mol. The summed E-state index contributed by atoms with van der Waals surface area (Å²) in [4.78, 5) is 26.9. The van der Waals surface area contributed by atoms with Crippen LogP contribution in [0.3, 0.4) is 0 Å². The molecule has 0 bridgehead atoms. The minimum Gasteiger partial charge on any atom is -0.459 e. The molecule has 1 atom stereocenters. The Balaban J connectivity index is 1.74. The summed E-state index contributed by atoms with van der Waals surface area (Å²) in [7, 11) is 1.67. The topological polar surface area (TPSA) is 88.6 Å². The summed E-state index contributed by atoms with van der Waals surface area (Å²) in [6, 6.07) is 13.8. The van der Waals surface area contributed by atoms with Crippen LogP contribution in [-0.2, 0) is 17.8 Å². The second-order valence-electron chi connectivity index (χ2n) is 6.32. The minimum absolute atomic E-state index is 0.163. The van der Waals surface area contributed by atoms with E-state index in [1.165, 1.54) is 11.2 Å². The number of amides is 2. The Hall–Kier alpha value is -3.35. The van der Waals surface area contributed by atoms with Gasteiger partial charge in [0.2, 0.25) is 5.91 Å². The SMILES string of the molecule is Cc1cc(CN(C)C(=O)[C@H](Cc2ccccc2)NC(=O)c2ccco2)no1. The summed E-state index contributed by atoms with van der Waals surface area (Å²) in [5.41, 5.74) is 1.60. The van der Waals surface area contributed by atoms with E-state index < -0.39 is 11.9 Å². The van der Waals surface area contributed by atoms with Gasteiger partial charge in [0.05, 0.1) is 12.8 Å². The molecule has 3 rings (SSSR count). The average Bonchev–Trinajstić information content (AvgIpc) is 3.33. The minimum atomic E-state index is -0.733. The van der Waals surface area contributed by atoms with Crippen LogP contribution in [0.25, 0.3) is 0 Å². The van der Waals surface area contributed by atoms with Gasteiger partial charge in [0.1, 0.15) is 17.5 Å². The number of nitrogens with zero attached hydrogens (tertiary/aromatic N) is 2. The van der Waals surface area contributed by atoms with Crippen molar-refractivity contribution in [1.29, 1.82) is 0 Å². The molecule has 140 valence electrons. The first-order valence-corrected chi connectivity index (χ1v) is 8.58. The lowest BCUT2D eigenvalue weighted by Gasteiger charge is -2.24. The van der Waals surface area contributed by atoms with Gasteiger partial charge in [0.25, 0.3) is 5.91 Å². The number of likely N-dealkylation sites (N-methyl/N-ethyl adjacent to an activating group) is 1. The molecule has 3 aromatic rings. The van der Waals surface area contributed by atoms with Crippen LogP contribution < -0.4 is 5.32 Å². The van der Waals surface area contributed by atoms with Crippen LogP contribution in [0.1, 0.15) is 27.6 Å². The van der Waals surface area contributed by atoms with Crippen molar-refractivity contribution in [2.75, 3.05) is 7.05 Å². The zero-order valence-corrected chi connectivity index (χ0v) is 15.2. The maximum Gasteiger partial charge on any atom is 0.287 e. The first-order chi connectivity index (χ1) is 13.0. The second-order valence-corrected chi connectivity index (χ2v) is 6.32. The predicted octanol–water partition coefficient (Wildman–Crippen LogP) is 2.58. The number of aryl methyl sites for hydroxylation is 1. The Bertz CT molecular complexity index is 887. The maximum absolute atomic E-state index is 13.0. The molecule has 0 aliphatic heterocycles. The van der Waals surface area contributed by atoms with Gasteiger partial charge in [-0.05, 0) is 24.6 Å². The molecule has 7 heteroatoms. The molecule has 0 radical (unpaired) electrons. The van der Waals surface area contributed by atoms with Gasteiger partial charge >= 0.3 is 0 Å². The summed E-state index contributed by atoms with van der Waals surface area (Å²) >= 11 is 0. The Kier molecular flexibility index (Phi) is 5.71. The van der Waals surface area contributed by atoms with Gasteiger partial charge in [0.15, 0.2) is 5.76 Å². The summed E-state index contributed by atoms with van der Waals surface area (Å²) in [5, 5.41) is 6.68.